The molecule has 0 aliphatic heterocycles. The Balaban J connectivity index is 1.93. The molecule has 28 heavy (non-hydrogen) atoms. The molecule has 0 spiro atoms. The van der Waals surface area contributed by atoms with E-state index in [1.807, 2.05) is 12.1 Å². The first-order valence-electron chi connectivity index (χ1n) is 8.42. The monoisotopic (exact) mass is 397 g/mol. The molecule has 3 rings (SSSR count). The molecule has 2 N–H and O–H groups in total. The van der Waals surface area contributed by atoms with Crippen LogP contribution in [0.3, 0.4) is 0 Å². The first kappa shape index (κ1) is 19.5. The molecule has 2 heterocycles. The minimum Gasteiger partial charge on any atom is -0.469 e. The number of hydrogen-bond donors (Lipinski definition) is 2. The van der Waals surface area contributed by atoms with E-state index in [4.69, 9.17) is 9.15 Å². The van der Waals surface area contributed by atoms with Gasteiger partial charge < -0.3 is 19.5 Å². The Morgan fingerprint density at radius 3 is 2.64 bits per heavy atom. The van der Waals surface area contributed by atoms with E-state index >= 15 is 0 Å². The SMILES string of the molecule is COC(=O)c1[nH]cc(Cc2ccco2)c1N=C(NC(=O)c1ccccc1)SC. The Kier molecular flexibility index (Phi) is 6.33. The van der Waals surface area contributed by atoms with Crippen LogP contribution in [0.2, 0.25) is 0 Å². The maximum atomic E-state index is 12.4. The number of H-pyrrole nitrogens is 1. The summed E-state index contributed by atoms with van der Waals surface area (Å²) in [5.74, 6) is -0.0957. The van der Waals surface area contributed by atoms with Gasteiger partial charge in [-0.1, -0.05) is 30.0 Å². The minimum atomic E-state index is -0.542. The fourth-order valence-electron chi connectivity index (χ4n) is 2.56. The van der Waals surface area contributed by atoms with Crippen LogP contribution in [-0.4, -0.2) is 35.4 Å². The number of benzene rings is 1. The maximum absolute atomic E-state index is 12.4. The van der Waals surface area contributed by atoms with Crippen LogP contribution >= 0.6 is 11.8 Å². The Morgan fingerprint density at radius 2 is 2.00 bits per heavy atom. The van der Waals surface area contributed by atoms with Gasteiger partial charge in [-0.15, -0.1) is 0 Å². The molecule has 3 aromatic rings. The third kappa shape index (κ3) is 4.52. The molecular formula is C20H19N3O4S. The van der Waals surface area contributed by atoms with E-state index in [0.717, 1.165) is 11.3 Å². The summed E-state index contributed by atoms with van der Waals surface area (Å²) in [6.45, 7) is 0. The minimum absolute atomic E-state index is 0.213. The lowest BCUT2D eigenvalue weighted by atomic mass is 10.1. The fourth-order valence-corrected chi connectivity index (χ4v) is 2.94. The number of aromatic amines is 1. The molecule has 0 atom stereocenters. The van der Waals surface area contributed by atoms with Crippen molar-refractivity contribution in [2.24, 2.45) is 4.99 Å². The fraction of sp³-hybridized carbons (Fsp3) is 0.150. The third-order valence-corrected chi connectivity index (χ3v) is 4.51. The summed E-state index contributed by atoms with van der Waals surface area (Å²) in [5, 5.41) is 3.14. The Labute approximate surface area is 166 Å². The summed E-state index contributed by atoms with van der Waals surface area (Å²) in [6.07, 6.45) is 5.50. The van der Waals surface area contributed by atoms with Crippen molar-refractivity contribution in [3.63, 3.8) is 0 Å². The van der Waals surface area contributed by atoms with Gasteiger partial charge in [0, 0.05) is 23.7 Å². The summed E-state index contributed by atoms with van der Waals surface area (Å²) < 4.78 is 10.2. The van der Waals surface area contributed by atoms with Crippen molar-refractivity contribution in [3.8, 4) is 0 Å². The van der Waals surface area contributed by atoms with Crippen molar-refractivity contribution in [1.29, 1.82) is 0 Å². The smallest absolute Gasteiger partial charge is 0.356 e. The van der Waals surface area contributed by atoms with Gasteiger partial charge in [-0.25, -0.2) is 9.79 Å². The molecule has 7 nitrogen and oxygen atoms in total. The van der Waals surface area contributed by atoms with E-state index in [9.17, 15) is 9.59 Å². The van der Waals surface area contributed by atoms with Crippen molar-refractivity contribution >= 4 is 34.5 Å². The number of aliphatic imine (C=N–C) groups is 1. The van der Waals surface area contributed by atoms with E-state index in [-0.39, 0.29) is 11.6 Å². The summed E-state index contributed by atoms with van der Waals surface area (Å²) in [6, 6.07) is 12.5. The van der Waals surface area contributed by atoms with Gasteiger partial charge in [-0.2, -0.15) is 0 Å². The lowest BCUT2D eigenvalue weighted by Gasteiger charge is -2.08. The van der Waals surface area contributed by atoms with Crippen molar-refractivity contribution in [2.45, 2.75) is 6.42 Å². The zero-order valence-corrected chi connectivity index (χ0v) is 16.2. The summed E-state index contributed by atoms with van der Waals surface area (Å²) in [5.41, 5.74) is 1.88. The predicted octanol–water partition coefficient (Wildman–Crippen LogP) is 3.77. The average Bonchev–Trinajstić information content (AvgIpc) is 3.38. The molecule has 0 fully saturated rings. The third-order valence-electron chi connectivity index (χ3n) is 3.93. The highest BCUT2D eigenvalue weighted by atomic mass is 32.2. The number of methoxy groups -OCH3 is 1. The molecular weight excluding hydrogens is 378 g/mol. The van der Waals surface area contributed by atoms with Gasteiger partial charge >= 0.3 is 5.97 Å². The Morgan fingerprint density at radius 1 is 1.21 bits per heavy atom. The first-order valence-corrected chi connectivity index (χ1v) is 9.65. The topological polar surface area (TPSA) is 96.7 Å². The van der Waals surface area contributed by atoms with Gasteiger partial charge in [0.1, 0.15) is 11.4 Å². The molecule has 0 bridgehead atoms. The zero-order valence-electron chi connectivity index (χ0n) is 15.4. The van der Waals surface area contributed by atoms with Crippen LogP contribution in [0, 0.1) is 0 Å². The second-order valence-corrected chi connectivity index (χ2v) is 6.52. The zero-order chi connectivity index (χ0) is 19.9. The van der Waals surface area contributed by atoms with E-state index in [1.165, 1.54) is 18.9 Å². The predicted molar refractivity (Wildman–Crippen MR) is 108 cm³/mol. The van der Waals surface area contributed by atoms with Crippen LogP contribution < -0.4 is 5.32 Å². The van der Waals surface area contributed by atoms with Crippen LogP contribution in [0.25, 0.3) is 0 Å². The molecule has 0 unspecified atom stereocenters. The van der Waals surface area contributed by atoms with Gasteiger partial charge in [-0.05, 0) is 30.5 Å². The number of thioether (sulfide) groups is 1. The van der Waals surface area contributed by atoms with Crippen LogP contribution in [0.1, 0.15) is 32.2 Å². The average molecular weight is 397 g/mol. The molecule has 0 aliphatic rings. The van der Waals surface area contributed by atoms with Crippen LogP contribution in [0.5, 0.6) is 0 Å². The second-order valence-electron chi connectivity index (χ2n) is 5.73. The quantitative estimate of drug-likeness (QED) is 0.388. The Bertz CT molecular complexity index is 978. The second kappa shape index (κ2) is 9.09. The summed E-state index contributed by atoms with van der Waals surface area (Å²) in [7, 11) is 1.30. The molecule has 0 saturated carbocycles. The number of furan rings is 1. The number of amidine groups is 1. The summed E-state index contributed by atoms with van der Waals surface area (Å²) >= 11 is 1.26. The molecule has 2 aromatic heterocycles. The standard InChI is InChI=1S/C20H19N3O4S/c1-26-19(25)17-16(14(12-21-17)11-15-9-6-10-27-15)22-20(28-2)23-18(24)13-7-4-3-5-8-13/h3-10,12,21H,11H2,1-2H3,(H,22,23,24). The number of carbonyl (C=O) groups is 2. The number of esters is 1. The highest BCUT2D eigenvalue weighted by Crippen LogP contribution is 2.28. The van der Waals surface area contributed by atoms with Gasteiger partial charge in [-0.3, -0.25) is 4.79 Å². The molecule has 8 heteroatoms. The van der Waals surface area contributed by atoms with E-state index < -0.39 is 5.97 Å². The Hall–Kier alpha value is -3.26. The first-order chi connectivity index (χ1) is 13.6. The van der Waals surface area contributed by atoms with Crippen molar-refractivity contribution in [1.82, 2.24) is 10.3 Å². The van der Waals surface area contributed by atoms with Gasteiger partial charge in [0.25, 0.3) is 5.91 Å². The number of nitrogens with zero attached hydrogens (tertiary/aromatic N) is 1. The number of rotatable bonds is 5. The molecule has 144 valence electrons. The molecule has 0 radical (unpaired) electrons. The van der Waals surface area contributed by atoms with Crippen LogP contribution in [0.4, 0.5) is 5.69 Å². The number of amides is 1. The largest absolute Gasteiger partial charge is 0.469 e. The van der Waals surface area contributed by atoms with Crippen molar-refractivity contribution < 1.29 is 18.7 Å². The normalized spacial score (nSPS) is 11.3. The van der Waals surface area contributed by atoms with Crippen molar-refractivity contribution in [3.05, 3.63) is 77.5 Å². The number of ether oxygens (including phenoxy) is 1. The molecule has 0 aliphatic carbocycles. The number of hydrogen-bond acceptors (Lipinski definition) is 6. The molecule has 1 amide bonds. The van der Waals surface area contributed by atoms with Crippen LogP contribution in [0.15, 0.2) is 64.3 Å². The number of aromatic nitrogens is 1. The van der Waals surface area contributed by atoms with Gasteiger partial charge in [0.05, 0.1) is 13.4 Å². The van der Waals surface area contributed by atoms with E-state index in [1.54, 1.807) is 49.0 Å². The summed E-state index contributed by atoms with van der Waals surface area (Å²) in [4.78, 5) is 32.0. The van der Waals surface area contributed by atoms with E-state index in [2.05, 4.69) is 15.3 Å². The highest BCUT2D eigenvalue weighted by molar-refractivity contribution is 8.13. The highest BCUT2D eigenvalue weighted by Gasteiger charge is 2.20. The lowest BCUT2D eigenvalue weighted by molar-refractivity contribution is 0.0595. The molecule has 1 aromatic carbocycles. The van der Waals surface area contributed by atoms with Gasteiger partial charge in [0.2, 0.25) is 0 Å². The van der Waals surface area contributed by atoms with Crippen molar-refractivity contribution in [2.75, 3.05) is 13.4 Å². The number of carbonyl (C=O) groups excluding carboxylic acids is 2. The van der Waals surface area contributed by atoms with Crippen LogP contribution in [-0.2, 0) is 11.2 Å². The number of nitrogens with one attached hydrogen (secondary N) is 2. The molecule has 0 saturated heterocycles. The maximum Gasteiger partial charge on any atom is 0.356 e. The lowest BCUT2D eigenvalue weighted by Crippen LogP contribution is -2.28. The van der Waals surface area contributed by atoms with E-state index in [0.29, 0.717) is 22.8 Å². The van der Waals surface area contributed by atoms with Gasteiger partial charge in [0.15, 0.2) is 10.9 Å².